The van der Waals surface area contributed by atoms with Gasteiger partial charge in [0.2, 0.25) is 0 Å². The number of rotatable bonds is 5. The molecule has 1 fully saturated rings. The number of aliphatic hydroxyl groups excluding tert-OH is 1. The van der Waals surface area contributed by atoms with Crippen LogP contribution in [0.25, 0.3) is 0 Å². The molecule has 20 heavy (non-hydrogen) atoms. The van der Waals surface area contributed by atoms with Crippen molar-refractivity contribution in [2.45, 2.75) is 25.0 Å². The van der Waals surface area contributed by atoms with Crippen LogP contribution >= 0.6 is 0 Å². The summed E-state index contributed by atoms with van der Waals surface area (Å²) in [5.41, 5.74) is 0.733. The molecule has 110 valence electrons. The SMILES string of the molecule is COc1cccc(C(O)CN(C)C(=O)C2CCCO2)c1. The second-order valence-corrected chi connectivity index (χ2v) is 5.01. The van der Waals surface area contributed by atoms with Crippen molar-refractivity contribution < 1.29 is 19.4 Å². The Hall–Kier alpha value is -1.59. The van der Waals surface area contributed by atoms with Gasteiger partial charge in [-0.15, -0.1) is 0 Å². The van der Waals surface area contributed by atoms with E-state index in [1.807, 2.05) is 18.2 Å². The average Bonchev–Trinajstić information content (AvgIpc) is 3.00. The molecule has 1 amide bonds. The van der Waals surface area contributed by atoms with Crippen LogP contribution in [0.1, 0.15) is 24.5 Å². The van der Waals surface area contributed by atoms with Gasteiger partial charge < -0.3 is 19.5 Å². The monoisotopic (exact) mass is 279 g/mol. The number of benzene rings is 1. The Bertz CT molecular complexity index is 457. The molecule has 5 heteroatoms. The predicted octanol–water partition coefficient (Wildman–Crippen LogP) is 1.37. The summed E-state index contributed by atoms with van der Waals surface area (Å²) in [5.74, 6) is 0.624. The van der Waals surface area contributed by atoms with Crippen LogP contribution in [0.15, 0.2) is 24.3 Å². The number of nitrogens with zero attached hydrogens (tertiary/aromatic N) is 1. The molecule has 0 saturated carbocycles. The Balaban J connectivity index is 1.95. The van der Waals surface area contributed by atoms with Gasteiger partial charge in [-0.3, -0.25) is 4.79 Å². The van der Waals surface area contributed by atoms with Gasteiger partial charge in [-0.25, -0.2) is 0 Å². The minimum absolute atomic E-state index is 0.0653. The van der Waals surface area contributed by atoms with E-state index in [9.17, 15) is 9.90 Å². The second-order valence-electron chi connectivity index (χ2n) is 5.01. The second kappa shape index (κ2) is 6.72. The lowest BCUT2D eigenvalue weighted by Gasteiger charge is -2.23. The quantitative estimate of drug-likeness (QED) is 0.884. The lowest BCUT2D eigenvalue weighted by Crippen LogP contribution is -2.38. The molecule has 1 aromatic rings. The summed E-state index contributed by atoms with van der Waals surface area (Å²) in [6, 6.07) is 7.23. The summed E-state index contributed by atoms with van der Waals surface area (Å²) in [4.78, 5) is 13.6. The van der Waals surface area contributed by atoms with E-state index in [-0.39, 0.29) is 18.6 Å². The predicted molar refractivity (Wildman–Crippen MR) is 74.6 cm³/mol. The summed E-state index contributed by atoms with van der Waals surface area (Å²) in [6.07, 6.45) is 0.596. The first-order chi connectivity index (χ1) is 9.61. The minimum atomic E-state index is -0.736. The molecule has 2 rings (SSSR count). The van der Waals surface area contributed by atoms with E-state index < -0.39 is 6.10 Å². The van der Waals surface area contributed by atoms with Crippen molar-refractivity contribution in [3.05, 3.63) is 29.8 Å². The molecule has 0 radical (unpaired) electrons. The number of carbonyl (C=O) groups excluding carboxylic acids is 1. The maximum Gasteiger partial charge on any atom is 0.251 e. The molecule has 1 heterocycles. The highest BCUT2D eigenvalue weighted by atomic mass is 16.5. The molecule has 0 aromatic heterocycles. The third-order valence-electron chi connectivity index (χ3n) is 3.51. The van der Waals surface area contributed by atoms with E-state index in [4.69, 9.17) is 9.47 Å². The van der Waals surface area contributed by atoms with Gasteiger partial charge in [-0.05, 0) is 30.5 Å². The van der Waals surface area contributed by atoms with E-state index in [0.29, 0.717) is 12.4 Å². The van der Waals surface area contributed by atoms with Crippen molar-refractivity contribution in [3.63, 3.8) is 0 Å². The van der Waals surface area contributed by atoms with Crippen LogP contribution in [0.4, 0.5) is 0 Å². The van der Waals surface area contributed by atoms with E-state index in [1.165, 1.54) is 4.90 Å². The Morgan fingerprint density at radius 1 is 1.60 bits per heavy atom. The molecule has 1 aromatic carbocycles. The molecule has 1 aliphatic heterocycles. The lowest BCUT2D eigenvalue weighted by atomic mass is 10.1. The summed E-state index contributed by atoms with van der Waals surface area (Å²) in [5, 5.41) is 10.2. The van der Waals surface area contributed by atoms with E-state index in [2.05, 4.69) is 0 Å². The van der Waals surface area contributed by atoms with Crippen LogP contribution in [0.3, 0.4) is 0 Å². The summed E-state index contributed by atoms with van der Waals surface area (Å²) >= 11 is 0. The zero-order chi connectivity index (χ0) is 14.5. The maximum absolute atomic E-state index is 12.1. The van der Waals surface area contributed by atoms with E-state index >= 15 is 0 Å². The number of methoxy groups -OCH3 is 1. The lowest BCUT2D eigenvalue weighted by molar-refractivity contribution is -0.140. The fourth-order valence-corrected chi connectivity index (χ4v) is 2.32. The Morgan fingerprint density at radius 2 is 2.40 bits per heavy atom. The van der Waals surface area contributed by atoms with E-state index in [1.54, 1.807) is 20.2 Å². The van der Waals surface area contributed by atoms with Crippen LogP contribution in [-0.2, 0) is 9.53 Å². The van der Waals surface area contributed by atoms with Crippen LogP contribution < -0.4 is 4.74 Å². The number of likely N-dealkylation sites (N-methyl/N-ethyl adjacent to an activating group) is 1. The van der Waals surface area contributed by atoms with Gasteiger partial charge in [0.25, 0.3) is 5.91 Å². The Kier molecular flexibility index (Phi) is 4.98. The van der Waals surface area contributed by atoms with E-state index in [0.717, 1.165) is 18.4 Å². The average molecular weight is 279 g/mol. The summed E-state index contributed by atoms with van der Waals surface area (Å²) in [6.45, 7) is 0.883. The van der Waals surface area contributed by atoms with Gasteiger partial charge in [0.1, 0.15) is 11.9 Å². The van der Waals surface area contributed by atoms with Gasteiger partial charge in [-0.2, -0.15) is 0 Å². The fourth-order valence-electron chi connectivity index (χ4n) is 2.32. The molecule has 0 spiro atoms. The number of carbonyl (C=O) groups is 1. The molecule has 5 nitrogen and oxygen atoms in total. The van der Waals surface area contributed by atoms with Gasteiger partial charge in [0, 0.05) is 13.7 Å². The van der Waals surface area contributed by atoms with Gasteiger partial charge >= 0.3 is 0 Å². The first kappa shape index (κ1) is 14.8. The van der Waals surface area contributed by atoms with Crippen molar-refractivity contribution in [2.24, 2.45) is 0 Å². The molecule has 1 aliphatic rings. The largest absolute Gasteiger partial charge is 0.497 e. The normalized spacial score (nSPS) is 19.6. The molecular weight excluding hydrogens is 258 g/mol. The molecule has 2 unspecified atom stereocenters. The molecule has 1 N–H and O–H groups in total. The van der Waals surface area contributed by atoms with Crippen LogP contribution in [-0.4, -0.2) is 49.3 Å². The summed E-state index contributed by atoms with van der Waals surface area (Å²) < 4.78 is 10.5. The van der Waals surface area contributed by atoms with Crippen molar-refractivity contribution in [1.29, 1.82) is 0 Å². The third-order valence-corrected chi connectivity index (χ3v) is 3.51. The van der Waals surface area contributed by atoms with Crippen molar-refractivity contribution >= 4 is 5.91 Å². The first-order valence-corrected chi connectivity index (χ1v) is 6.80. The summed E-state index contributed by atoms with van der Waals surface area (Å²) in [7, 11) is 3.27. The Labute approximate surface area is 119 Å². The zero-order valence-corrected chi connectivity index (χ0v) is 11.9. The van der Waals surface area contributed by atoms with Crippen molar-refractivity contribution in [2.75, 3.05) is 27.3 Å². The smallest absolute Gasteiger partial charge is 0.251 e. The number of ether oxygens (including phenoxy) is 2. The fraction of sp³-hybridized carbons (Fsp3) is 0.533. The third kappa shape index (κ3) is 3.49. The molecular formula is C15H21NO4. The van der Waals surface area contributed by atoms with Gasteiger partial charge in [-0.1, -0.05) is 12.1 Å². The highest BCUT2D eigenvalue weighted by molar-refractivity contribution is 5.80. The number of aliphatic hydroxyl groups is 1. The Morgan fingerprint density at radius 3 is 3.05 bits per heavy atom. The van der Waals surface area contributed by atoms with Crippen molar-refractivity contribution in [3.8, 4) is 5.75 Å². The van der Waals surface area contributed by atoms with Gasteiger partial charge in [0.05, 0.1) is 19.8 Å². The molecule has 2 atom stereocenters. The topological polar surface area (TPSA) is 59.0 Å². The first-order valence-electron chi connectivity index (χ1n) is 6.80. The van der Waals surface area contributed by atoms with Crippen LogP contribution in [0.2, 0.25) is 0 Å². The minimum Gasteiger partial charge on any atom is -0.497 e. The number of amides is 1. The van der Waals surface area contributed by atoms with Gasteiger partial charge in [0.15, 0.2) is 0 Å². The highest BCUT2D eigenvalue weighted by Crippen LogP contribution is 2.21. The number of hydrogen-bond donors (Lipinski definition) is 1. The van der Waals surface area contributed by atoms with Crippen LogP contribution in [0.5, 0.6) is 5.75 Å². The standard InChI is InChI=1S/C15H21NO4/c1-16(15(18)14-7-4-8-20-14)10-13(17)11-5-3-6-12(9-11)19-2/h3,5-6,9,13-14,17H,4,7-8,10H2,1-2H3. The molecule has 0 bridgehead atoms. The number of hydrogen-bond acceptors (Lipinski definition) is 4. The van der Waals surface area contributed by atoms with Crippen LogP contribution in [0, 0.1) is 0 Å². The molecule has 1 saturated heterocycles. The zero-order valence-electron chi connectivity index (χ0n) is 11.9. The maximum atomic E-state index is 12.1. The highest BCUT2D eigenvalue weighted by Gasteiger charge is 2.27. The molecule has 0 aliphatic carbocycles. The van der Waals surface area contributed by atoms with Crippen molar-refractivity contribution in [1.82, 2.24) is 4.90 Å².